The van der Waals surface area contributed by atoms with Crippen LogP contribution in [0.1, 0.15) is 33.5 Å². The lowest BCUT2D eigenvalue weighted by Crippen LogP contribution is -2.42. The Morgan fingerprint density at radius 2 is 1.94 bits per heavy atom. The molecule has 1 rings (SSSR count). The molecule has 0 saturated heterocycles. The number of hydrogen-bond donors (Lipinski definition) is 0. The van der Waals surface area contributed by atoms with Crippen molar-refractivity contribution in [3.63, 3.8) is 0 Å². The van der Waals surface area contributed by atoms with Crippen molar-refractivity contribution in [2.45, 2.75) is 44.7 Å². The van der Waals surface area contributed by atoms with Crippen LogP contribution in [0.25, 0.3) is 0 Å². The van der Waals surface area contributed by atoms with Crippen LogP contribution in [-0.4, -0.2) is 25.8 Å². The van der Waals surface area contributed by atoms with Crippen LogP contribution in [0.5, 0.6) is 0 Å². The molecule has 6 heteroatoms. The van der Waals surface area contributed by atoms with Crippen molar-refractivity contribution in [1.29, 1.82) is 0 Å². The summed E-state index contributed by atoms with van der Waals surface area (Å²) >= 11 is 5.60. The highest BCUT2D eigenvalue weighted by atomic mass is 35.5. The van der Waals surface area contributed by atoms with E-state index in [4.69, 9.17) is 16.0 Å². The van der Waals surface area contributed by atoms with Gasteiger partial charge >= 0.3 is 0 Å². The fraction of sp³-hybridized carbons (Fsp3) is 0.667. The van der Waals surface area contributed by atoms with Gasteiger partial charge in [0.2, 0.25) is 5.09 Å². The number of hydrogen-bond acceptors (Lipinski definition) is 3. The highest BCUT2D eigenvalue weighted by Crippen LogP contribution is 2.28. The summed E-state index contributed by atoms with van der Waals surface area (Å²) in [6, 6.07) is 2.88. The summed E-state index contributed by atoms with van der Waals surface area (Å²) in [5.74, 6) is 0.612. The van der Waals surface area contributed by atoms with Gasteiger partial charge in [0.1, 0.15) is 5.76 Å². The molecule has 0 fully saturated rings. The monoisotopic (exact) mass is 293 g/mol. The third-order valence-electron chi connectivity index (χ3n) is 3.20. The van der Waals surface area contributed by atoms with E-state index in [0.29, 0.717) is 5.76 Å². The molecule has 0 spiro atoms. The third kappa shape index (κ3) is 3.08. The number of rotatable bonds is 4. The van der Waals surface area contributed by atoms with Crippen LogP contribution >= 0.6 is 11.6 Å². The molecule has 1 heterocycles. The molecule has 1 aromatic heterocycles. The van der Waals surface area contributed by atoms with E-state index in [1.54, 1.807) is 13.1 Å². The molecule has 0 N–H and O–H groups in total. The van der Waals surface area contributed by atoms with Gasteiger partial charge in [-0.05, 0) is 24.5 Å². The number of halogens is 1. The Morgan fingerprint density at radius 1 is 1.39 bits per heavy atom. The van der Waals surface area contributed by atoms with E-state index in [0.717, 1.165) is 0 Å². The molecule has 104 valence electrons. The molecule has 0 radical (unpaired) electrons. The van der Waals surface area contributed by atoms with E-state index in [2.05, 4.69) is 0 Å². The average molecular weight is 294 g/mol. The topological polar surface area (TPSA) is 50.5 Å². The van der Waals surface area contributed by atoms with Crippen LogP contribution in [0.2, 0.25) is 0 Å². The molecule has 0 bridgehead atoms. The minimum atomic E-state index is -3.60. The normalized spacial score (nSPS) is 15.1. The smallest absolute Gasteiger partial charge is 0.276 e. The quantitative estimate of drug-likeness (QED) is 0.802. The maximum Gasteiger partial charge on any atom is 0.276 e. The first-order valence-corrected chi connectivity index (χ1v) is 7.71. The molecule has 1 atom stereocenters. The maximum atomic E-state index is 12.3. The first kappa shape index (κ1) is 15.5. The molecule has 0 amide bonds. The van der Waals surface area contributed by atoms with Crippen molar-refractivity contribution in [2.75, 3.05) is 7.05 Å². The summed E-state index contributed by atoms with van der Waals surface area (Å²) in [5.41, 5.74) is -0.149. The fourth-order valence-electron chi connectivity index (χ4n) is 1.46. The van der Waals surface area contributed by atoms with Crippen LogP contribution in [0.15, 0.2) is 21.6 Å². The van der Waals surface area contributed by atoms with Crippen LogP contribution in [0.3, 0.4) is 0 Å². The van der Waals surface area contributed by atoms with Crippen molar-refractivity contribution in [3.05, 3.63) is 17.9 Å². The number of furan rings is 1. The van der Waals surface area contributed by atoms with Gasteiger partial charge in [-0.25, -0.2) is 8.42 Å². The molecule has 0 saturated carbocycles. The van der Waals surface area contributed by atoms with Gasteiger partial charge < -0.3 is 4.42 Å². The van der Waals surface area contributed by atoms with Crippen molar-refractivity contribution >= 4 is 21.6 Å². The number of alkyl halides is 1. The predicted octanol–water partition coefficient (Wildman–Crippen LogP) is 3.07. The SMILES string of the molecule is CC(N(C)S(=O)(=O)c1ccc(CCl)o1)C(C)(C)C. The summed E-state index contributed by atoms with van der Waals surface area (Å²) in [7, 11) is -2.04. The standard InChI is InChI=1S/C12H20ClNO3S/c1-9(12(2,3)4)14(5)18(15,16)11-7-6-10(8-13)17-11/h6-7,9H,8H2,1-5H3. The Balaban J connectivity index is 3.07. The Kier molecular flexibility index (Phi) is 4.51. The van der Waals surface area contributed by atoms with E-state index in [1.165, 1.54) is 10.4 Å². The van der Waals surface area contributed by atoms with Crippen molar-refractivity contribution in [2.24, 2.45) is 5.41 Å². The van der Waals surface area contributed by atoms with Gasteiger partial charge in [0.05, 0.1) is 5.88 Å². The van der Waals surface area contributed by atoms with Gasteiger partial charge in [-0.15, -0.1) is 11.6 Å². The molecule has 1 aromatic rings. The summed E-state index contributed by atoms with van der Waals surface area (Å²) in [5, 5.41) is -0.0586. The van der Waals surface area contributed by atoms with Crippen molar-refractivity contribution in [3.8, 4) is 0 Å². The van der Waals surface area contributed by atoms with Gasteiger partial charge in [0.25, 0.3) is 10.0 Å². The zero-order valence-corrected chi connectivity index (χ0v) is 13.0. The second-order valence-corrected chi connectivity index (χ2v) is 7.61. The lowest BCUT2D eigenvalue weighted by atomic mass is 9.88. The summed E-state index contributed by atoms with van der Waals surface area (Å²) < 4.78 is 31.2. The molecule has 0 aliphatic carbocycles. The lowest BCUT2D eigenvalue weighted by molar-refractivity contribution is 0.213. The Hall–Kier alpha value is -0.520. The Labute approximate surface area is 114 Å². The van der Waals surface area contributed by atoms with Gasteiger partial charge in [-0.1, -0.05) is 20.8 Å². The van der Waals surface area contributed by atoms with Crippen molar-refractivity contribution < 1.29 is 12.8 Å². The van der Waals surface area contributed by atoms with E-state index in [-0.39, 0.29) is 22.4 Å². The van der Waals surface area contributed by atoms with E-state index >= 15 is 0 Å². The second kappa shape index (κ2) is 5.23. The molecule has 0 aromatic carbocycles. The highest BCUT2D eigenvalue weighted by Gasteiger charge is 2.34. The van der Waals surface area contributed by atoms with E-state index < -0.39 is 10.0 Å². The largest absolute Gasteiger partial charge is 0.447 e. The molecular weight excluding hydrogens is 274 g/mol. The van der Waals surface area contributed by atoms with Gasteiger partial charge in [-0.2, -0.15) is 4.31 Å². The van der Waals surface area contributed by atoms with Crippen LogP contribution in [0.4, 0.5) is 0 Å². The second-order valence-electron chi connectivity index (χ2n) is 5.42. The molecule has 4 nitrogen and oxygen atoms in total. The zero-order valence-electron chi connectivity index (χ0n) is 11.4. The lowest BCUT2D eigenvalue weighted by Gasteiger charge is -2.33. The third-order valence-corrected chi connectivity index (χ3v) is 5.27. The number of sulfonamides is 1. The average Bonchev–Trinajstić information content (AvgIpc) is 2.74. The summed E-state index contributed by atoms with van der Waals surface area (Å²) in [6.45, 7) is 7.87. The van der Waals surface area contributed by atoms with E-state index in [9.17, 15) is 8.42 Å². The summed E-state index contributed by atoms with van der Waals surface area (Å²) in [4.78, 5) is 0. The molecule has 0 aliphatic heterocycles. The predicted molar refractivity (Wildman–Crippen MR) is 72.1 cm³/mol. The maximum absolute atomic E-state index is 12.3. The Morgan fingerprint density at radius 3 is 2.33 bits per heavy atom. The molecule has 0 aliphatic rings. The van der Waals surface area contributed by atoms with Crippen molar-refractivity contribution in [1.82, 2.24) is 4.31 Å². The molecule has 18 heavy (non-hydrogen) atoms. The number of nitrogens with zero attached hydrogens (tertiary/aromatic N) is 1. The fourth-order valence-corrected chi connectivity index (χ4v) is 3.08. The zero-order chi connectivity index (χ0) is 14.1. The minimum absolute atomic E-state index is 0.0586. The minimum Gasteiger partial charge on any atom is -0.447 e. The van der Waals surface area contributed by atoms with Crippen LogP contribution in [-0.2, 0) is 15.9 Å². The van der Waals surface area contributed by atoms with Gasteiger partial charge in [-0.3, -0.25) is 0 Å². The molecule has 1 unspecified atom stereocenters. The van der Waals surface area contributed by atoms with Gasteiger partial charge in [0, 0.05) is 13.1 Å². The molecular formula is C12H20ClNO3S. The highest BCUT2D eigenvalue weighted by molar-refractivity contribution is 7.89. The Bertz CT molecular complexity index is 502. The van der Waals surface area contributed by atoms with Gasteiger partial charge in [0.15, 0.2) is 0 Å². The van der Waals surface area contributed by atoms with E-state index in [1.807, 2.05) is 27.7 Å². The van der Waals surface area contributed by atoms with Crippen LogP contribution < -0.4 is 0 Å². The first-order valence-electron chi connectivity index (χ1n) is 5.73. The van der Waals surface area contributed by atoms with Crippen LogP contribution in [0, 0.1) is 5.41 Å². The summed E-state index contributed by atoms with van der Waals surface area (Å²) in [6.07, 6.45) is 0. The first-order chi connectivity index (χ1) is 8.10.